The molecule has 0 spiro atoms. The summed E-state index contributed by atoms with van der Waals surface area (Å²) in [6.07, 6.45) is 1.87. The Labute approximate surface area is 82.1 Å². The van der Waals surface area contributed by atoms with Crippen LogP contribution in [-0.2, 0) is 4.79 Å². The van der Waals surface area contributed by atoms with Gasteiger partial charge in [0.25, 0.3) is 0 Å². The standard InChI is InChI=1S/C11H23NO/c1-6-9(7-2)10(13)12-8-11(3,4)5/h9H,6-8H2,1-5H3,(H,12,13). The average Bonchev–Trinajstić information content (AvgIpc) is 2.02. The van der Waals surface area contributed by atoms with Crippen LogP contribution in [0.25, 0.3) is 0 Å². The smallest absolute Gasteiger partial charge is 0.223 e. The minimum Gasteiger partial charge on any atom is -0.355 e. The second-order valence-corrected chi connectivity index (χ2v) is 4.79. The SMILES string of the molecule is CCC(CC)C(=O)NCC(C)(C)C. The van der Waals surface area contributed by atoms with Crippen LogP contribution in [0.4, 0.5) is 0 Å². The van der Waals surface area contributed by atoms with Crippen LogP contribution in [0.3, 0.4) is 0 Å². The van der Waals surface area contributed by atoms with Gasteiger partial charge in [0.15, 0.2) is 0 Å². The molecule has 0 bridgehead atoms. The topological polar surface area (TPSA) is 29.1 Å². The fourth-order valence-corrected chi connectivity index (χ4v) is 1.16. The Balaban J connectivity index is 3.86. The fraction of sp³-hybridized carbons (Fsp3) is 0.909. The Morgan fingerprint density at radius 1 is 1.23 bits per heavy atom. The summed E-state index contributed by atoms with van der Waals surface area (Å²) < 4.78 is 0. The Bertz CT molecular complexity index is 154. The van der Waals surface area contributed by atoms with Crippen molar-refractivity contribution in [3.8, 4) is 0 Å². The Hall–Kier alpha value is -0.530. The van der Waals surface area contributed by atoms with Gasteiger partial charge in [-0.15, -0.1) is 0 Å². The molecule has 0 aromatic carbocycles. The van der Waals surface area contributed by atoms with Gasteiger partial charge in [-0.25, -0.2) is 0 Å². The summed E-state index contributed by atoms with van der Waals surface area (Å²) in [4.78, 5) is 11.5. The van der Waals surface area contributed by atoms with E-state index in [1.807, 2.05) is 0 Å². The largest absolute Gasteiger partial charge is 0.355 e. The molecule has 0 aromatic heterocycles. The first-order valence-corrected chi connectivity index (χ1v) is 5.18. The molecule has 0 rings (SSSR count). The van der Waals surface area contributed by atoms with E-state index in [0.717, 1.165) is 19.4 Å². The zero-order valence-corrected chi connectivity index (χ0v) is 9.61. The van der Waals surface area contributed by atoms with Crippen LogP contribution in [-0.4, -0.2) is 12.5 Å². The molecule has 0 saturated carbocycles. The summed E-state index contributed by atoms with van der Waals surface area (Å²) in [5.74, 6) is 0.405. The first kappa shape index (κ1) is 12.5. The normalized spacial score (nSPS) is 11.8. The summed E-state index contributed by atoms with van der Waals surface area (Å²) in [7, 11) is 0. The van der Waals surface area contributed by atoms with Gasteiger partial charge in [0.05, 0.1) is 0 Å². The van der Waals surface area contributed by atoms with Gasteiger partial charge in [-0.2, -0.15) is 0 Å². The molecule has 1 N–H and O–H groups in total. The van der Waals surface area contributed by atoms with Crippen LogP contribution in [0.15, 0.2) is 0 Å². The molecule has 0 unspecified atom stereocenters. The van der Waals surface area contributed by atoms with Crippen LogP contribution in [0.5, 0.6) is 0 Å². The minimum absolute atomic E-state index is 0.182. The van der Waals surface area contributed by atoms with Gasteiger partial charge in [-0.3, -0.25) is 4.79 Å². The molecular formula is C11H23NO. The van der Waals surface area contributed by atoms with Gasteiger partial charge in [0.1, 0.15) is 0 Å². The predicted molar refractivity (Wildman–Crippen MR) is 56.5 cm³/mol. The third-order valence-corrected chi connectivity index (χ3v) is 2.15. The molecule has 0 heterocycles. The molecule has 0 aliphatic rings. The van der Waals surface area contributed by atoms with E-state index in [4.69, 9.17) is 0 Å². The molecule has 2 nitrogen and oxygen atoms in total. The van der Waals surface area contributed by atoms with Crippen molar-refractivity contribution in [2.45, 2.75) is 47.5 Å². The fourth-order valence-electron chi connectivity index (χ4n) is 1.16. The van der Waals surface area contributed by atoms with Gasteiger partial charge in [-0.1, -0.05) is 34.6 Å². The van der Waals surface area contributed by atoms with E-state index in [1.165, 1.54) is 0 Å². The van der Waals surface area contributed by atoms with E-state index in [2.05, 4.69) is 39.9 Å². The predicted octanol–water partition coefficient (Wildman–Crippen LogP) is 2.58. The highest BCUT2D eigenvalue weighted by molar-refractivity contribution is 5.78. The number of amides is 1. The highest BCUT2D eigenvalue weighted by Gasteiger charge is 2.16. The molecule has 0 aliphatic carbocycles. The number of hydrogen-bond donors (Lipinski definition) is 1. The van der Waals surface area contributed by atoms with Gasteiger partial charge in [0, 0.05) is 12.5 Å². The average molecular weight is 185 g/mol. The third kappa shape index (κ3) is 5.67. The second-order valence-electron chi connectivity index (χ2n) is 4.79. The zero-order valence-electron chi connectivity index (χ0n) is 9.61. The van der Waals surface area contributed by atoms with Gasteiger partial charge in [-0.05, 0) is 18.3 Å². The molecule has 0 aromatic rings. The molecule has 0 saturated heterocycles. The summed E-state index contributed by atoms with van der Waals surface area (Å²) in [6, 6.07) is 0. The van der Waals surface area contributed by atoms with Crippen LogP contribution in [0.2, 0.25) is 0 Å². The Morgan fingerprint density at radius 2 is 1.69 bits per heavy atom. The van der Waals surface area contributed by atoms with E-state index >= 15 is 0 Å². The minimum atomic E-state index is 0.182. The summed E-state index contributed by atoms with van der Waals surface area (Å²) in [5, 5.41) is 2.99. The van der Waals surface area contributed by atoms with E-state index in [0.29, 0.717) is 0 Å². The van der Waals surface area contributed by atoms with E-state index in [9.17, 15) is 4.79 Å². The molecular weight excluding hydrogens is 162 g/mol. The molecule has 78 valence electrons. The van der Waals surface area contributed by atoms with Crippen molar-refractivity contribution in [2.24, 2.45) is 11.3 Å². The summed E-state index contributed by atoms with van der Waals surface area (Å²) in [6.45, 7) is 11.3. The van der Waals surface area contributed by atoms with E-state index < -0.39 is 0 Å². The second kappa shape index (κ2) is 5.25. The van der Waals surface area contributed by atoms with Crippen LogP contribution in [0, 0.1) is 11.3 Å². The highest BCUT2D eigenvalue weighted by atomic mass is 16.1. The van der Waals surface area contributed by atoms with Crippen LogP contribution < -0.4 is 5.32 Å². The lowest BCUT2D eigenvalue weighted by molar-refractivity contribution is -0.125. The number of nitrogens with one attached hydrogen (secondary N) is 1. The Kier molecular flexibility index (Phi) is 5.04. The number of hydrogen-bond acceptors (Lipinski definition) is 1. The molecule has 2 heteroatoms. The maximum Gasteiger partial charge on any atom is 0.223 e. The lowest BCUT2D eigenvalue weighted by Crippen LogP contribution is -2.36. The van der Waals surface area contributed by atoms with Crippen molar-refractivity contribution in [2.75, 3.05) is 6.54 Å². The quantitative estimate of drug-likeness (QED) is 0.716. The van der Waals surface area contributed by atoms with Gasteiger partial charge < -0.3 is 5.32 Å². The van der Waals surface area contributed by atoms with Crippen molar-refractivity contribution in [1.82, 2.24) is 5.32 Å². The van der Waals surface area contributed by atoms with Crippen molar-refractivity contribution >= 4 is 5.91 Å². The lowest BCUT2D eigenvalue weighted by Gasteiger charge is -2.21. The molecule has 0 atom stereocenters. The van der Waals surface area contributed by atoms with Crippen molar-refractivity contribution in [3.05, 3.63) is 0 Å². The zero-order chi connectivity index (χ0) is 10.5. The van der Waals surface area contributed by atoms with Gasteiger partial charge >= 0.3 is 0 Å². The van der Waals surface area contributed by atoms with Crippen LogP contribution >= 0.6 is 0 Å². The summed E-state index contributed by atoms with van der Waals surface area (Å²) >= 11 is 0. The monoisotopic (exact) mass is 185 g/mol. The molecule has 0 aliphatic heterocycles. The van der Waals surface area contributed by atoms with Crippen LogP contribution in [0.1, 0.15) is 47.5 Å². The third-order valence-electron chi connectivity index (χ3n) is 2.15. The molecule has 0 fully saturated rings. The van der Waals surface area contributed by atoms with Gasteiger partial charge in [0.2, 0.25) is 5.91 Å². The maximum absolute atomic E-state index is 11.5. The number of carbonyl (C=O) groups excluding carboxylic acids is 1. The van der Waals surface area contributed by atoms with Crippen molar-refractivity contribution < 1.29 is 4.79 Å². The highest BCUT2D eigenvalue weighted by Crippen LogP contribution is 2.12. The first-order chi connectivity index (χ1) is 5.90. The van der Waals surface area contributed by atoms with E-state index in [-0.39, 0.29) is 17.2 Å². The van der Waals surface area contributed by atoms with Crippen molar-refractivity contribution in [1.29, 1.82) is 0 Å². The van der Waals surface area contributed by atoms with Crippen molar-refractivity contribution in [3.63, 3.8) is 0 Å². The molecule has 1 amide bonds. The lowest BCUT2D eigenvalue weighted by atomic mass is 9.96. The molecule has 13 heavy (non-hydrogen) atoms. The Morgan fingerprint density at radius 3 is 2.00 bits per heavy atom. The summed E-state index contributed by atoms with van der Waals surface area (Å²) in [5.41, 5.74) is 0.182. The van der Waals surface area contributed by atoms with E-state index in [1.54, 1.807) is 0 Å². The first-order valence-electron chi connectivity index (χ1n) is 5.18. The molecule has 0 radical (unpaired) electrons. The number of carbonyl (C=O) groups is 1. The number of rotatable bonds is 4. The maximum atomic E-state index is 11.5.